The van der Waals surface area contributed by atoms with Gasteiger partial charge in [-0.15, -0.1) is 0 Å². The lowest BCUT2D eigenvalue weighted by molar-refractivity contribution is -0.115. The molecule has 1 saturated heterocycles. The normalized spacial score (nSPS) is 17.3. The zero-order valence-corrected chi connectivity index (χ0v) is 15.8. The molecule has 9 heteroatoms. The number of carboxylic acids is 1. The van der Waals surface area contributed by atoms with E-state index in [4.69, 9.17) is 5.11 Å². The highest BCUT2D eigenvalue weighted by Gasteiger charge is 2.30. The summed E-state index contributed by atoms with van der Waals surface area (Å²) < 4.78 is 27.4. The fourth-order valence-corrected chi connectivity index (χ4v) is 4.99. The van der Waals surface area contributed by atoms with Crippen LogP contribution in [0.3, 0.4) is 0 Å². The van der Waals surface area contributed by atoms with Crippen LogP contribution in [0.25, 0.3) is 0 Å². The minimum absolute atomic E-state index is 0.132. The topological polar surface area (TPSA) is 107 Å². The van der Waals surface area contributed by atoms with Crippen molar-refractivity contribution in [3.05, 3.63) is 53.6 Å². The molecule has 0 bridgehead atoms. The molecule has 2 N–H and O–H groups in total. The van der Waals surface area contributed by atoms with E-state index in [-0.39, 0.29) is 22.8 Å². The number of carboxylic acid groups (broad SMARTS) is 1. The first kappa shape index (κ1) is 18.5. The van der Waals surface area contributed by atoms with Crippen molar-refractivity contribution < 1.29 is 23.1 Å². The van der Waals surface area contributed by atoms with Crippen LogP contribution < -0.4 is 10.2 Å². The molecule has 0 unspecified atom stereocenters. The monoisotopic (exact) mass is 401 g/mol. The number of aromatic carboxylic acids is 1. The Hall–Kier alpha value is -2.91. The van der Waals surface area contributed by atoms with Gasteiger partial charge in [-0.2, -0.15) is 4.31 Å². The Labute approximate surface area is 162 Å². The van der Waals surface area contributed by atoms with Gasteiger partial charge in [-0.25, -0.2) is 13.2 Å². The lowest BCUT2D eigenvalue weighted by Crippen LogP contribution is -2.48. The number of fused-ring (bicyclic) bond motifs is 1. The van der Waals surface area contributed by atoms with Crippen LogP contribution >= 0.6 is 0 Å². The highest BCUT2D eigenvalue weighted by molar-refractivity contribution is 7.89. The smallest absolute Gasteiger partial charge is 0.335 e. The second-order valence-electron chi connectivity index (χ2n) is 6.79. The second kappa shape index (κ2) is 6.92. The van der Waals surface area contributed by atoms with Crippen molar-refractivity contribution in [3.63, 3.8) is 0 Å². The maximum Gasteiger partial charge on any atom is 0.335 e. The Morgan fingerprint density at radius 1 is 1.00 bits per heavy atom. The highest BCUT2D eigenvalue weighted by atomic mass is 32.2. The molecule has 1 amide bonds. The summed E-state index contributed by atoms with van der Waals surface area (Å²) in [7, 11) is -3.63. The summed E-state index contributed by atoms with van der Waals surface area (Å²) in [6.07, 6.45) is 0.193. The molecule has 2 aliphatic heterocycles. The number of carbonyl (C=O) groups excluding carboxylic acids is 1. The molecule has 0 radical (unpaired) electrons. The molecule has 1 fully saturated rings. The molecule has 0 aliphatic carbocycles. The number of amides is 1. The fourth-order valence-electron chi connectivity index (χ4n) is 3.52. The van der Waals surface area contributed by atoms with E-state index in [0.29, 0.717) is 37.4 Å². The average molecular weight is 401 g/mol. The summed E-state index contributed by atoms with van der Waals surface area (Å²) in [5, 5.41) is 11.7. The van der Waals surface area contributed by atoms with Crippen molar-refractivity contribution in [1.82, 2.24) is 4.31 Å². The quantitative estimate of drug-likeness (QED) is 0.802. The third-order valence-corrected chi connectivity index (χ3v) is 6.95. The van der Waals surface area contributed by atoms with Gasteiger partial charge in [-0.3, -0.25) is 4.79 Å². The predicted octanol–water partition coefficient (Wildman–Crippen LogP) is 1.39. The standard InChI is InChI=1S/C19H19N3O5S/c23-18-12-14-11-16(5-6-17(14)20-18)28(26,27)22-9-7-21(8-10-22)15-3-1-13(2-4-15)19(24)25/h1-6,11H,7-10,12H2,(H,20,23)(H,24,25). The zero-order valence-electron chi connectivity index (χ0n) is 15.0. The lowest BCUT2D eigenvalue weighted by Gasteiger charge is -2.35. The molecule has 2 aliphatic rings. The molecule has 2 heterocycles. The number of anilines is 2. The van der Waals surface area contributed by atoms with E-state index >= 15 is 0 Å². The summed E-state index contributed by atoms with van der Waals surface area (Å²) in [4.78, 5) is 24.7. The molecule has 0 aromatic heterocycles. The van der Waals surface area contributed by atoms with Crippen LogP contribution in [0.2, 0.25) is 0 Å². The molecular weight excluding hydrogens is 382 g/mol. The van der Waals surface area contributed by atoms with Gasteiger partial charge in [-0.05, 0) is 48.0 Å². The molecule has 8 nitrogen and oxygen atoms in total. The van der Waals surface area contributed by atoms with Gasteiger partial charge in [0.1, 0.15) is 0 Å². The molecule has 28 heavy (non-hydrogen) atoms. The van der Waals surface area contributed by atoms with E-state index in [9.17, 15) is 18.0 Å². The number of piperazine rings is 1. The van der Waals surface area contributed by atoms with Crippen molar-refractivity contribution in [1.29, 1.82) is 0 Å². The first-order chi connectivity index (χ1) is 13.3. The Kier molecular flexibility index (Phi) is 4.56. The van der Waals surface area contributed by atoms with E-state index < -0.39 is 16.0 Å². The Bertz CT molecular complexity index is 1040. The number of nitrogens with one attached hydrogen (secondary N) is 1. The van der Waals surface area contributed by atoms with Crippen LogP contribution in [0.1, 0.15) is 15.9 Å². The summed E-state index contributed by atoms with van der Waals surface area (Å²) in [5.41, 5.74) is 2.44. The summed E-state index contributed by atoms with van der Waals surface area (Å²) in [6, 6.07) is 11.3. The van der Waals surface area contributed by atoms with Gasteiger partial charge in [0.2, 0.25) is 15.9 Å². The Balaban J connectivity index is 1.46. The first-order valence-electron chi connectivity index (χ1n) is 8.86. The molecule has 2 aromatic carbocycles. The van der Waals surface area contributed by atoms with Crippen molar-refractivity contribution in [2.24, 2.45) is 0 Å². The molecular formula is C19H19N3O5S. The van der Waals surface area contributed by atoms with Crippen molar-refractivity contribution in [2.75, 3.05) is 36.4 Å². The van der Waals surface area contributed by atoms with E-state index in [2.05, 4.69) is 5.32 Å². The summed E-state index contributed by atoms with van der Waals surface area (Å²) in [6.45, 7) is 1.68. The van der Waals surface area contributed by atoms with E-state index in [1.54, 1.807) is 36.4 Å². The third kappa shape index (κ3) is 3.34. The van der Waals surface area contributed by atoms with Gasteiger partial charge < -0.3 is 15.3 Å². The number of nitrogens with zero attached hydrogens (tertiary/aromatic N) is 2. The number of sulfonamides is 1. The minimum atomic E-state index is -3.63. The summed E-state index contributed by atoms with van der Waals surface area (Å²) in [5.74, 6) is -1.11. The van der Waals surface area contributed by atoms with Gasteiger partial charge in [0, 0.05) is 37.6 Å². The molecule has 0 saturated carbocycles. The van der Waals surface area contributed by atoms with Crippen LogP contribution in [-0.2, 0) is 21.2 Å². The number of hydrogen-bond donors (Lipinski definition) is 2. The molecule has 0 spiro atoms. The van der Waals surface area contributed by atoms with Gasteiger partial charge in [-0.1, -0.05) is 0 Å². The highest BCUT2D eigenvalue weighted by Crippen LogP contribution is 2.28. The van der Waals surface area contributed by atoms with E-state index in [0.717, 1.165) is 5.69 Å². The number of benzene rings is 2. The molecule has 4 rings (SSSR count). The minimum Gasteiger partial charge on any atom is -0.478 e. The lowest BCUT2D eigenvalue weighted by atomic mass is 10.2. The fraction of sp³-hybridized carbons (Fsp3) is 0.263. The average Bonchev–Trinajstić information content (AvgIpc) is 3.07. The van der Waals surface area contributed by atoms with Crippen LogP contribution in [-0.4, -0.2) is 55.9 Å². The van der Waals surface area contributed by atoms with Crippen LogP contribution in [0.4, 0.5) is 11.4 Å². The van der Waals surface area contributed by atoms with Crippen molar-refractivity contribution >= 4 is 33.3 Å². The maximum absolute atomic E-state index is 13.0. The first-order valence-corrected chi connectivity index (χ1v) is 10.3. The zero-order chi connectivity index (χ0) is 19.9. The number of carbonyl (C=O) groups is 2. The van der Waals surface area contributed by atoms with E-state index in [1.165, 1.54) is 10.4 Å². The van der Waals surface area contributed by atoms with Gasteiger partial charge in [0.25, 0.3) is 0 Å². The van der Waals surface area contributed by atoms with Gasteiger partial charge in [0.05, 0.1) is 16.9 Å². The summed E-state index contributed by atoms with van der Waals surface area (Å²) >= 11 is 0. The number of hydrogen-bond acceptors (Lipinski definition) is 5. The van der Waals surface area contributed by atoms with Crippen molar-refractivity contribution in [3.8, 4) is 0 Å². The number of rotatable bonds is 4. The van der Waals surface area contributed by atoms with Crippen LogP contribution in [0.15, 0.2) is 47.4 Å². The predicted molar refractivity (Wildman–Crippen MR) is 103 cm³/mol. The molecule has 0 atom stereocenters. The van der Waals surface area contributed by atoms with Gasteiger partial charge >= 0.3 is 5.97 Å². The van der Waals surface area contributed by atoms with E-state index in [1.807, 2.05) is 4.90 Å². The van der Waals surface area contributed by atoms with Gasteiger partial charge in [0.15, 0.2) is 0 Å². The molecule has 2 aromatic rings. The second-order valence-corrected chi connectivity index (χ2v) is 8.73. The SMILES string of the molecule is O=C1Cc2cc(S(=O)(=O)N3CCN(c4ccc(C(=O)O)cc4)CC3)ccc2N1. The third-order valence-electron chi connectivity index (χ3n) is 5.06. The van der Waals surface area contributed by atoms with Crippen LogP contribution in [0, 0.1) is 0 Å². The van der Waals surface area contributed by atoms with Crippen molar-refractivity contribution in [2.45, 2.75) is 11.3 Å². The Morgan fingerprint density at radius 2 is 1.68 bits per heavy atom. The molecule has 146 valence electrons. The van der Waals surface area contributed by atoms with Crippen LogP contribution in [0.5, 0.6) is 0 Å². The largest absolute Gasteiger partial charge is 0.478 e. The Morgan fingerprint density at radius 3 is 2.32 bits per heavy atom. The maximum atomic E-state index is 13.0.